The monoisotopic (exact) mass is 279 g/mol. The zero-order chi connectivity index (χ0) is 14.8. The quantitative estimate of drug-likeness (QED) is 0.724. The van der Waals surface area contributed by atoms with E-state index in [9.17, 15) is 4.79 Å². The molecular formula is C14H26BN3O2. The van der Waals surface area contributed by atoms with Crippen molar-refractivity contribution in [2.75, 3.05) is 40.3 Å². The van der Waals surface area contributed by atoms with Crippen LogP contribution >= 0.6 is 0 Å². The number of hydrogen-bond donors (Lipinski definition) is 0. The van der Waals surface area contributed by atoms with Gasteiger partial charge in [0.05, 0.1) is 24.5 Å². The van der Waals surface area contributed by atoms with Crippen LogP contribution in [0, 0.1) is 0 Å². The van der Waals surface area contributed by atoms with E-state index < -0.39 is 0 Å². The van der Waals surface area contributed by atoms with Gasteiger partial charge in [0.2, 0.25) is 5.91 Å². The first-order valence-electron chi connectivity index (χ1n) is 7.50. The normalized spacial score (nSPS) is 21.9. The van der Waals surface area contributed by atoms with Gasteiger partial charge in [-0.2, -0.15) is 0 Å². The Kier molecular flexibility index (Phi) is 4.73. The first kappa shape index (κ1) is 15.4. The van der Waals surface area contributed by atoms with Crippen molar-refractivity contribution in [3.63, 3.8) is 0 Å². The number of nitrogens with zero attached hydrogens (tertiary/aromatic N) is 3. The fourth-order valence-electron chi connectivity index (χ4n) is 2.99. The highest BCUT2D eigenvalue weighted by molar-refractivity contribution is 6.63. The van der Waals surface area contributed by atoms with Gasteiger partial charge >= 0.3 is 0 Å². The molecule has 0 aromatic carbocycles. The van der Waals surface area contributed by atoms with Gasteiger partial charge < -0.3 is 14.5 Å². The Hall–Kier alpha value is -1.04. The van der Waals surface area contributed by atoms with E-state index in [1.54, 1.807) is 19.0 Å². The second kappa shape index (κ2) is 6.16. The van der Waals surface area contributed by atoms with E-state index in [1.165, 1.54) is 0 Å². The van der Waals surface area contributed by atoms with Gasteiger partial charge in [-0.05, 0) is 32.8 Å². The van der Waals surface area contributed by atoms with E-state index in [-0.39, 0.29) is 11.5 Å². The SMILES string of the molecule is CN(C)C(=O)CN1CCN=C1CB1CCOC(C)(C)C1. The van der Waals surface area contributed by atoms with E-state index in [1.807, 2.05) is 0 Å². The molecule has 0 atom stereocenters. The number of aliphatic imine (C=N–C) groups is 1. The number of amidine groups is 1. The molecule has 1 amide bonds. The molecule has 0 aromatic rings. The summed E-state index contributed by atoms with van der Waals surface area (Å²) in [5, 5.41) is 0. The van der Waals surface area contributed by atoms with Crippen LogP contribution in [0.1, 0.15) is 13.8 Å². The summed E-state index contributed by atoms with van der Waals surface area (Å²) in [6, 6.07) is 0. The van der Waals surface area contributed by atoms with Crippen molar-refractivity contribution in [1.29, 1.82) is 0 Å². The maximum Gasteiger partial charge on any atom is 0.241 e. The van der Waals surface area contributed by atoms with E-state index >= 15 is 0 Å². The Bertz CT molecular complexity index is 396. The largest absolute Gasteiger partial charge is 0.377 e. The lowest BCUT2D eigenvalue weighted by Gasteiger charge is -2.34. The van der Waals surface area contributed by atoms with Gasteiger partial charge in [0.25, 0.3) is 0 Å². The lowest BCUT2D eigenvalue weighted by atomic mass is 9.39. The lowest BCUT2D eigenvalue weighted by Crippen LogP contribution is -2.43. The molecule has 6 heteroatoms. The number of likely N-dealkylation sites (N-methyl/N-ethyl adjacent to an activating group) is 1. The fraction of sp³-hybridized carbons (Fsp3) is 0.857. The van der Waals surface area contributed by atoms with Crippen LogP contribution in [0.25, 0.3) is 0 Å². The number of carbonyl (C=O) groups excluding carboxylic acids is 1. The Morgan fingerprint density at radius 3 is 2.90 bits per heavy atom. The van der Waals surface area contributed by atoms with E-state index in [0.717, 1.165) is 44.5 Å². The summed E-state index contributed by atoms with van der Waals surface area (Å²) in [5.74, 6) is 1.26. The predicted molar refractivity (Wildman–Crippen MR) is 82.8 cm³/mol. The highest BCUT2D eigenvalue weighted by Crippen LogP contribution is 2.27. The molecule has 1 saturated heterocycles. The molecule has 2 heterocycles. The maximum absolute atomic E-state index is 11.8. The number of amides is 1. The van der Waals surface area contributed by atoms with Crippen molar-refractivity contribution < 1.29 is 9.53 Å². The van der Waals surface area contributed by atoms with Gasteiger partial charge in [-0.25, -0.2) is 0 Å². The second-order valence-corrected chi connectivity index (χ2v) is 6.68. The summed E-state index contributed by atoms with van der Waals surface area (Å²) in [6.07, 6.45) is 3.15. The number of rotatable bonds is 4. The maximum atomic E-state index is 11.8. The molecule has 5 nitrogen and oxygen atoms in total. The molecule has 0 spiro atoms. The van der Waals surface area contributed by atoms with Gasteiger partial charge in [0, 0.05) is 27.2 Å². The highest BCUT2D eigenvalue weighted by atomic mass is 16.5. The zero-order valence-corrected chi connectivity index (χ0v) is 13.2. The molecule has 0 radical (unpaired) electrons. The van der Waals surface area contributed by atoms with Crippen LogP contribution in [0.5, 0.6) is 0 Å². The molecule has 20 heavy (non-hydrogen) atoms. The Labute approximate surface area is 122 Å². The second-order valence-electron chi connectivity index (χ2n) is 6.68. The smallest absolute Gasteiger partial charge is 0.241 e. The molecule has 0 bridgehead atoms. The van der Waals surface area contributed by atoms with Crippen LogP contribution in [0.2, 0.25) is 19.0 Å². The van der Waals surface area contributed by atoms with Crippen molar-refractivity contribution >= 4 is 18.5 Å². The lowest BCUT2D eigenvalue weighted by molar-refractivity contribution is -0.128. The number of hydrogen-bond acceptors (Lipinski definition) is 4. The highest BCUT2D eigenvalue weighted by Gasteiger charge is 2.33. The Morgan fingerprint density at radius 1 is 1.50 bits per heavy atom. The molecule has 0 saturated carbocycles. The zero-order valence-electron chi connectivity index (χ0n) is 13.2. The molecule has 2 aliphatic heterocycles. The summed E-state index contributed by atoms with van der Waals surface area (Å²) >= 11 is 0. The van der Waals surface area contributed by atoms with Crippen molar-refractivity contribution in [1.82, 2.24) is 9.80 Å². The van der Waals surface area contributed by atoms with Crippen LogP contribution in [0.4, 0.5) is 0 Å². The summed E-state index contributed by atoms with van der Waals surface area (Å²) in [4.78, 5) is 20.2. The molecule has 0 aromatic heterocycles. The molecule has 2 aliphatic rings. The minimum atomic E-state index is -0.0215. The summed E-state index contributed by atoms with van der Waals surface area (Å²) in [5.41, 5.74) is -0.0215. The third-order valence-electron chi connectivity index (χ3n) is 4.12. The van der Waals surface area contributed by atoms with Gasteiger partial charge in [-0.15, -0.1) is 0 Å². The molecular weight excluding hydrogens is 253 g/mol. The third-order valence-corrected chi connectivity index (χ3v) is 4.12. The van der Waals surface area contributed by atoms with Crippen LogP contribution in [-0.2, 0) is 9.53 Å². The first-order chi connectivity index (χ1) is 9.37. The topological polar surface area (TPSA) is 45.1 Å². The molecule has 112 valence electrons. The molecule has 0 N–H and O–H groups in total. The van der Waals surface area contributed by atoms with Gasteiger partial charge in [-0.3, -0.25) is 9.79 Å². The van der Waals surface area contributed by atoms with Crippen LogP contribution < -0.4 is 0 Å². The number of carbonyl (C=O) groups is 1. The van der Waals surface area contributed by atoms with Crippen LogP contribution in [-0.4, -0.2) is 74.2 Å². The minimum absolute atomic E-state index is 0.0215. The standard InChI is InChI=1S/C14H26BN3O2/c1-14(2)11-15(5-8-20-14)9-12-16-6-7-18(12)10-13(19)17(3)4/h5-11H2,1-4H3. The van der Waals surface area contributed by atoms with Crippen molar-refractivity contribution in [2.45, 2.75) is 38.4 Å². The van der Waals surface area contributed by atoms with Crippen molar-refractivity contribution in [3.05, 3.63) is 0 Å². The molecule has 2 rings (SSSR count). The predicted octanol–water partition coefficient (Wildman–Crippen LogP) is 1.09. The first-order valence-corrected chi connectivity index (χ1v) is 7.50. The van der Waals surface area contributed by atoms with Crippen LogP contribution in [0.15, 0.2) is 4.99 Å². The molecule has 0 unspecified atom stereocenters. The van der Waals surface area contributed by atoms with Crippen LogP contribution in [0.3, 0.4) is 0 Å². The van der Waals surface area contributed by atoms with Crippen molar-refractivity contribution in [3.8, 4) is 0 Å². The Balaban J connectivity index is 1.89. The molecule has 0 aliphatic carbocycles. The van der Waals surface area contributed by atoms with Gasteiger partial charge in [0.15, 0.2) is 6.71 Å². The average Bonchev–Trinajstić information content (AvgIpc) is 2.75. The van der Waals surface area contributed by atoms with Gasteiger partial charge in [0.1, 0.15) is 0 Å². The van der Waals surface area contributed by atoms with E-state index in [2.05, 4.69) is 23.7 Å². The fourth-order valence-corrected chi connectivity index (χ4v) is 2.99. The van der Waals surface area contributed by atoms with E-state index in [0.29, 0.717) is 13.3 Å². The average molecular weight is 279 g/mol. The summed E-state index contributed by atoms with van der Waals surface area (Å²) < 4.78 is 5.77. The van der Waals surface area contributed by atoms with E-state index in [4.69, 9.17) is 4.74 Å². The third kappa shape index (κ3) is 3.98. The number of ether oxygens (including phenoxy) is 1. The van der Waals surface area contributed by atoms with Crippen molar-refractivity contribution in [2.24, 2.45) is 4.99 Å². The van der Waals surface area contributed by atoms with Gasteiger partial charge in [-0.1, -0.05) is 0 Å². The molecule has 1 fully saturated rings. The summed E-state index contributed by atoms with van der Waals surface area (Å²) in [7, 11) is 3.60. The minimum Gasteiger partial charge on any atom is -0.377 e. The Morgan fingerprint density at radius 2 is 2.25 bits per heavy atom. The summed E-state index contributed by atoms with van der Waals surface area (Å²) in [6.45, 7) is 7.92.